The van der Waals surface area contributed by atoms with E-state index in [4.69, 9.17) is 14.2 Å². The van der Waals surface area contributed by atoms with Crippen LogP contribution in [-0.2, 0) is 9.59 Å². The van der Waals surface area contributed by atoms with Crippen LogP contribution in [0.2, 0.25) is 0 Å². The Balaban J connectivity index is 1.50. The molecule has 2 N–H and O–H groups in total. The first-order valence-electron chi connectivity index (χ1n) is 9.91. The van der Waals surface area contributed by atoms with Gasteiger partial charge in [0.05, 0.1) is 6.61 Å². The smallest absolute Gasteiger partial charge is 0.238 e. The fourth-order valence-corrected chi connectivity index (χ4v) is 4.65. The lowest BCUT2D eigenvalue weighted by Crippen LogP contribution is -2.64. The number of aliphatic hydroxyl groups is 1. The number of hydrogen-bond donors (Lipinski definition) is 2. The van der Waals surface area contributed by atoms with E-state index in [1.807, 2.05) is 31.2 Å². The quantitative estimate of drug-likeness (QED) is 0.750. The summed E-state index contributed by atoms with van der Waals surface area (Å²) < 4.78 is 16.8. The number of hydrogen-bond acceptors (Lipinski definition) is 6. The molecule has 30 heavy (non-hydrogen) atoms. The van der Waals surface area contributed by atoms with E-state index in [9.17, 15) is 14.7 Å². The predicted octanol–water partition coefficient (Wildman–Crippen LogP) is 2.09. The molecule has 0 spiro atoms. The summed E-state index contributed by atoms with van der Waals surface area (Å²) in [4.78, 5) is 28.2. The van der Waals surface area contributed by atoms with E-state index >= 15 is 0 Å². The zero-order valence-corrected chi connectivity index (χ0v) is 16.5. The molecule has 1 fully saturated rings. The van der Waals surface area contributed by atoms with E-state index in [1.54, 1.807) is 18.2 Å². The molecule has 3 aliphatic rings. The molecule has 8 nitrogen and oxygen atoms in total. The van der Waals surface area contributed by atoms with Gasteiger partial charge in [0, 0.05) is 30.6 Å². The first-order valence-corrected chi connectivity index (χ1v) is 9.91. The normalized spacial score (nSPS) is 26.1. The molecule has 156 valence electrons. The van der Waals surface area contributed by atoms with Crippen molar-refractivity contribution in [3.05, 3.63) is 48.0 Å². The number of rotatable bonds is 4. The summed E-state index contributed by atoms with van der Waals surface area (Å²) in [6.07, 6.45) is 0.467. The van der Waals surface area contributed by atoms with Gasteiger partial charge < -0.3 is 29.5 Å². The maximum Gasteiger partial charge on any atom is 0.238 e. The molecule has 0 saturated carbocycles. The fourth-order valence-electron chi connectivity index (χ4n) is 4.65. The van der Waals surface area contributed by atoms with Gasteiger partial charge in [-0.1, -0.05) is 18.2 Å². The Hall–Kier alpha value is -3.26. The molecule has 2 aromatic rings. The van der Waals surface area contributed by atoms with Crippen molar-refractivity contribution < 1.29 is 28.9 Å². The number of carbonyl (C=O) groups is 2. The minimum Gasteiger partial charge on any atom is -0.468 e. The molecular formula is C22H22N2O6. The Morgan fingerprint density at radius 2 is 2.00 bits per heavy atom. The summed E-state index contributed by atoms with van der Waals surface area (Å²) >= 11 is 0. The highest BCUT2D eigenvalue weighted by atomic mass is 16.7. The molecule has 3 atom stereocenters. The van der Waals surface area contributed by atoms with Crippen molar-refractivity contribution in [1.29, 1.82) is 0 Å². The van der Waals surface area contributed by atoms with E-state index < -0.39 is 17.6 Å². The van der Waals surface area contributed by atoms with Crippen LogP contribution in [0.4, 0.5) is 5.69 Å². The summed E-state index contributed by atoms with van der Waals surface area (Å²) in [5.41, 5.74) is 0.464. The predicted molar refractivity (Wildman–Crippen MR) is 106 cm³/mol. The SMILES string of the molecule is C[C@]12C[C@H](c3ccccc3O1)[C@H](C(=O)Nc1ccc3c(c1)OCO3)C(=O)N2CCO. The average molecular weight is 410 g/mol. The van der Waals surface area contributed by atoms with Gasteiger partial charge in [0.15, 0.2) is 17.2 Å². The molecule has 0 aromatic heterocycles. The lowest BCUT2D eigenvalue weighted by Gasteiger charge is -2.52. The van der Waals surface area contributed by atoms with Gasteiger partial charge in [0.25, 0.3) is 0 Å². The number of anilines is 1. The Kier molecular flexibility index (Phi) is 4.32. The number of ether oxygens (including phenoxy) is 3. The molecule has 8 heteroatoms. The van der Waals surface area contributed by atoms with Crippen LogP contribution in [0, 0.1) is 5.92 Å². The number of piperidine rings is 1. The number of fused-ring (bicyclic) bond motifs is 5. The number of nitrogens with zero attached hydrogens (tertiary/aromatic N) is 1. The third-order valence-corrected chi connectivity index (χ3v) is 6.00. The van der Waals surface area contributed by atoms with Gasteiger partial charge in [0.1, 0.15) is 11.7 Å². The third-order valence-electron chi connectivity index (χ3n) is 6.00. The number of likely N-dealkylation sites (tertiary alicyclic amines) is 1. The molecular weight excluding hydrogens is 388 g/mol. The number of aliphatic hydroxyl groups excluding tert-OH is 1. The van der Waals surface area contributed by atoms with Crippen molar-refractivity contribution in [3.63, 3.8) is 0 Å². The minimum absolute atomic E-state index is 0.0953. The number of para-hydroxylation sites is 1. The second-order valence-corrected chi connectivity index (χ2v) is 7.87. The largest absolute Gasteiger partial charge is 0.468 e. The van der Waals surface area contributed by atoms with Crippen LogP contribution in [0.5, 0.6) is 17.2 Å². The van der Waals surface area contributed by atoms with Crippen LogP contribution < -0.4 is 19.5 Å². The van der Waals surface area contributed by atoms with Crippen LogP contribution in [0.3, 0.4) is 0 Å². The minimum atomic E-state index is -0.930. The summed E-state index contributed by atoms with van der Waals surface area (Å²) in [7, 11) is 0. The number of nitrogens with one attached hydrogen (secondary N) is 1. The highest BCUT2D eigenvalue weighted by Gasteiger charge is 2.55. The molecule has 1 saturated heterocycles. The van der Waals surface area contributed by atoms with Crippen LogP contribution >= 0.6 is 0 Å². The van der Waals surface area contributed by atoms with Crippen LogP contribution in [0.1, 0.15) is 24.8 Å². The molecule has 2 amide bonds. The van der Waals surface area contributed by atoms with Gasteiger partial charge in [-0.2, -0.15) is 0 Å². The van der Waals surface area contributed by atoms with E-state index in [1.165, 1.54) is 4.90 Å². The summed E-state index contributed by atoms with van der Waals surface area (Å²) in [6.45, 7) is 1.85. The Labute approximate surface area is 173 Å². The highest BCUT2D eigenvalue weighted by molar-refractivity contribution is 6.08. The van der Waals surface area contributed by atoms with E-state index in [2.05, 4.69) is 5.32 Å². The van der Waals surface area contributed by atoms with E-state index in [-0.39, 0.29) is 31.8 Å². The summed E-state index contributed by atoms with van der Waals surface area (Å²) in [5.74, 6) is -0.177. The van der Waals surface area contributed by atoms with Crippen molar-refractivity contribution in [1.82, 2.24) is 4.90 Å². The molecule has 0 unspecified atom stereocenters. The van der Waals surface area contributed by atoms with E-state index in [0.29, 0.717) is 29.4 Å². The summed E-state index contributed by atoms with van der Waals surface area (Å²) in [6, 6.07) is 12.6. The van der Waals surface area contributed by atoms with Crippen molar-refractivity contribution in [2.24, 2.45) is 5.92 Å². The van der Waals surface area contributed by atoms with Gasteiger partial charge in [-0.25, -0.2) is 0 Å². The molecule has 0 radical (unpaired) electrons. The van der Waals surface area contributed by atoms with Gasteiger partial charge in [-0.05, 0) is 30.7 Å². The second kappa shape index (κ2) is 6.91. The maximum absolute atomic E-state index is 13.4. The number of β-amino-alcohol motifs (C(OH)–C–C–N with tert-alkyl or cyclic N) is 1. The number of amides is 2. The third kappa shape index (κ3) is 2.87. The molecule has 0 aliphatic carbocycles. The van der Waals surface area contributed by atoms with Gasteiger partial charge >= 0.3 is 0 Å². The average Bonchev–Trinajstić information content (AvgIpc) is 3.19. The van der Waals surface area contributed by atoms with Gasteiger partial charge in [0.2, 0.25) is 18.6 Å². The highest BCUT2D eigenvalue weighted by Crippen LogP contribution is 2.50. The first-order chi connectivity index (χ1) is 14.5. The zero-order valence-electron chi connectivity index (χ0n) is 16.5. The molecule has 3 heterocycles. The second-order valence-electron chi connectivity index (χ2n) is 7.87. The fraction of sp³-hybridized carbons (Fsp3) is 0.364. The van der Waals surface area contributed by atoms with Gasteiger partial charge in [-0.15, -0.1) is 0 Å². The molecule has 5 rings (SSSR count). The summed E-state index contributed by atoms with van der Waals surface area (Å²) in [5, 5.41) is 12.4. The molecule has 3 aliphatic heterocycles. The van der Waals surface area contributed by atoms with Crippen molar-refractivity contribution in [2.75, 3.05) is 25.3 Å². The first kappa shape index (κ1) is 18.7. The molecule has 2 bridgehead atoms. The Bertz CT molecular complexity index is 1020. The Morgan fingerprint density at radius 3 is 2.83 bits per heavy atom. The Morgan fingerprint density at radius 1 is 1.20 bits per heavy atom. The lowest BCUT2D eigenvalue weighted by atomic mass is 9.73. The number of carbonyl (C=O) groups excluding carboxylic acids is 2. The monoisotopic (exact) mass is 410 g/mol. The van der Waals surface area contributed by atoms with Crippen molar-refractivity contribution in [2.45, 2.75) is 25.0 Å². The molecule has 2 aromatic carbocycles. The topological polar surface area (TPSA) is 97.3 Å². The van der Waals surface area contributed by atoms with Crippen LogP contribution in [-0.4, -0.2) is 47.5 Å². The van der Waals surface area contributed by atoms with E-state index in [0.717, 1.165) is 5.56 Å². The van der Waals surface area contributed by atoms with Crippen molar-refractivity contribution in [3.8, 4) is 17.2 Å². The van der Waals surface area contributed by atoms with Gasteiger partial charge in [-0.3, -0.25) is 9.59 Å². The maximum atomic E-state index is 13.4. The van der Waals surface area contributed by atoms with Crippen LogP contribution in [0.15, 0.2) is 42.5 Å². The van der Waals surface area contributed by atoms with Crippen LogP contribution in [0.25, 0.3) is 0 Å². The standard InChI is InChI=1S/C22H22N2O6/c1-22-11-15(14-4-2-3-5-16(14)30-22)19(21(27)24(22)8-9-25)20(26)23-13-6-7-17-18(10-13)29-12-28-17/h2-7,10,15,19,25H,8-9,11-12H2,1H3,(H,23,26)/t15-,19-,22-/m1/s1. The zero-order chi connectivity index (χ0) is 20.9. The number of benzene rings is 2. The van der Waals surface area contributed by atoms with Crippen molar-refractivity contribution >= 4 is 17.5 Å². The lowest BCUT2D eigenvalue weighted by molar-refractivity contribution is -0.176.